The fourth-order valence-corrected chi connectivity index (χ4v) is 4.68. The summed E-state index contributed by atoms with van der Waals surface area (Å²) < 4.78 is 30.9. The van der Waals surface area contributed by atoms with E-state index in [0.717, 1.165) is 31.5 Å². The Morgan fingerprint density at radius 2 is 1.77 bits per heavy atom. The van der Waals surface area contributed by atoms with E-state index in [1.54, 1.807) is 6.07 Å². The molecule has 6 nitrogen and oxygen atoms in total. The standard InChI is InChI=1S/C23H26FNO5/c24-16-2-4-20-17(12-16)18(26)13-23(30-20)5-7-25(8-6-23)14-19(27)15-1-3-21-22(11-15)29-10-9-28-21/h1-4,11-12,18-19,26-27H,5-10,13-14H2. The van der Waals surface area contributed by atoms with Gasteiger partial charge in [0, 0.05) is 31.6 Å². The zero-order chi connectivity index (χ0) is 20.7. The van der Waals surface area contributed by atoms with Crippen LogP contribution in [0.1, 0.15) is 42.6 Å². The zero-order valence-electron chi connectivity index (χ0n) is 16.7. The number of ether oxygens (including phenoxy) is 3. The highest BCUT2D eigenvalue weighted by atomic mass is 19.1. The van der Waals surface area contributed by atoms with Crippen LogP contribution in [0.2, 0.25) is 0 Å². The molecule has 0 radical (unpaired) electrons. The van der Waals surface area contributed by atoms with Crippen molar-refractivity contribution in [2.45, 2.75) is 37.1 Å². The third-order valence-electron chi connectivity index (χ3n) is 6.37. The topological polar surface area (TPSA) is 71.4 Å². The van der Waals surface area contributed by atoms with Crippen LogP contribution in [0.15, 0.2) is 36.4 Å². The van der Waals surface area contributed by atoms with Crippen molar-refractivity contribution >= 4 is 0 Å². The van der Waals surface area contributed by atoms with Crippen LogP contribution in [-0.2, 0) is 0 Å². The molecule has 2 N–H and O–H groups in total. The number of benzene rings is 2. The second kappa shape index (κ2) is 7.72. The summed E-state index contributed by atoms with van der Waals surface area (Å²) in [4.78, 5) is 2.21. The smallest absolute Gasteiger partial charge is 0.161 e. The third kappa shape index (κ3) is 3.73. The van der Waals surface area contributed by atoms with Crippen molar-refractivity contribution < 1.29 is 28.8 Å². The van der Waals surface area contributed by atoms with Crippen LogP contribution in [0.4, 0.5) is 4.39 Å². The van der Waals surface area contributed by atoms with Crippen LogP contribution in [-0.4, -0.2) is 53.6 Å². The van der Waals surface area contributed by atoms with Gasteiger partial charge in [0.2, 0.25) is 0 Å². The van der Waals surface area contributed by atoms with E-state index in [2.05, 4.69) is 4.90 Å². The van der Waals surface area contributed by atoms with Crippen molar-refractivity contribution in [1.29, 1.82) is 0 Å². The maximum Gasteiger partial charge on any atom is 0.161 e. The van der Waals surface area contributed by atoms with Gasteiger partial charge in [-0.1, -0.05) is 6.07 Å². The van der Waals surface area contributed by atoms with Gasteiger partial charge >= 0.3 is 0 Å². The summed E-state index contributed by atoms with van der Waals surface area (Å²) >= 11 is 0. The highest BCUT2D eigenvalue weighted by Gasteiger charge is 2.43. The fraction of sp³-hybridized carbons (Fsp3) is 0.478. The van der Waals surface area contributed by atoms with Crippen LogP contribution >= 0.6 is 0 Å². The Balaban J connectivity index is 1.22. The molecule has 0 saturated carbocycles. The molecule has 0 aromatic heterocycles. The minimum Gasteiger partial charge on any atom is -0.487 e. The quantitative estimate of drug-likeness (QED) is 0.803. The lowest BCUT2D eigenvalue weighted by molar-refractivity contribution is -0.0589. The molecule has 1 fully saturated rings. The monoisotopic (exact) mass is 415 g/mol. The normalized spacial score (nSPS) is 23.5. The molecule has 2 aromatic carbocycles. The van der Waals surface area contributed by atoms with E-state index in [4.69, 9.17) is 14.2 Å². The maximum absolute atomic E-state index is 13.5. The summed E-state index contributed by atoms with van der Waals surface area (Å²) in [5.74, 6) is 1.59. The van der Waals surface area contributed by atoms with Crippen LogP contribution in [0.3, 0.4) is 0 Å². The summed E-state index contributed by atoms with van der Waals surface area (Å²) in [6, 6.07) is 9.89. The first kappa shape index (κ1) is 19.6. The van der Waals surface area contributed by atoms with Crippen LogP contribution < -0.4 is 14.2 Å². The molecule has 2 aromatic rings. The summed E-state index contributed by atoms with van der Waals surface area (Å²) in [6.07, 6.45) is 0.599. The van der Waals surface area contributed by atoms with Crippen molar-refractivity contribution in [3.05, 3.63) is 53.3 Å². The van der Waals surface area contributed by atoms with E-state index < -0.39 is 17.8 Å². The van der Waals surface area contributed by atoms with E-state index in [1.807, 2.05) is 18.2 Å². The number of fused-ring (bicyclic) bond motifs is 2. The van der Waals surface area contributed by atoms with E-state index in [9.17, 15) is 14.6 Å². The van der Waals surface area contributed by atoms with Gasteiger partial charge < -0.3 is 29.3 Å². The number of piperidine rings is 1. The minimum absolute atomic E-state index is 0.365. The predicted octanol–water partition coefficient (Wildman–Crippen LogP) is 2.98. The van der Waals surface area contributed by atoms with Gasteiger partial charge in [-0.25, -0.2) is 4.39 Å². The summed E-state index contributed by atoms with van der Waals surface area (Å²) in [5.41, 5.74) is 0.889. The molecule has 1 saturated heterocycles. The Kier molecular flexibility index (Phi) is 5.05. The summed E-state index contributed by atoms with van der Waals surface area (Å²) in [7, 11) is 0. The second-order valence-electron chi connectivity index (χ2n) is 8.41. The van der Waals surface area contributed by atoms with E-state index >= 15 is 0 Å². The van der Waals surface area contributed by atoms with Crippen LogP contribution in [0.5, 0.6) is 17.2 Å². The Bertz CT molecular complexity index is 928. The van der Waals surface area contributed by atoms with E-state index in [-0.39, 0.29) is 5.82 Å². The number of aliphatic hydroxyl groups excluding tert-OH is 2. The lowest BCUT2D eigenvalue weighted by Crippen LogP contribution is -2.51. The highest BCUT2D eigenvalue weighted by Crippen LogP contribution is 2.44. The van der Waals surface area contributed by atoms with Gasteiger partial charge in [0.05, 0.1) is 12.2 Å². The number of likely N-dealkylation sites (tertiary alicyclic amines) is 1. The SMILES string of the molecule is OC(CN1CCC2(CC1)CC(O)c1cc(F)ccc1O2)c1ccc2c(c1)OCCO2. The zero-order valence-corrected chi connectivity index (χ0v) is 16.7. The van der Waals surface area contributed by atoms with Crippen molar-refractivity contribution in [3.63, 3.8) is 0 Å². The number of hydrogen-bond acceptors (Lipinski definition) is 6. The molecule has 3 aliphatic heterocycles. The van der Waals surface area contributed by atoms with Gasteiger partial charge in [0.15, 0.2) is 11.5 Å². The second-order valence-corrected chi connectivity index (χ2v) is 8.41. The maximum atomic E-state index is 13.5. The molecule has 2 unspecified atom stereocenters. The number of aliphatic hydroxyl groups is 2. The largest absolute Gasteiger partial charge is 0.487 e. The lowest BCUT2D eigenvalue weighted by atomic mass is 9.81. The number of β-amino-alcohol motifs (C(OH)–C–C–N with tert-alkyl or cyclic N) is 1. The molecule has 7 heteroatoms. The van der Waals surface area contributed by atoms with E-state index in [1.165, 1.54) is 12.1 Å². The Labute approximate surface area is 174 Å². The molecule has 0 bridgehead atoms. The van der Waals surface area contributed by atoms with Gasteiger partial charge in [-0.3, -0.25) is 0 Å². The number of halogens is 1. The average molecular weight is 415 g/mol. The molecule has 0 aliphatic carbocycles. The average Bonchev–Trinajstić information content (AvgIpc) is 2.76. The van der Waals surface area contributed by atoms with Crippen molar-refractivity contribution in [2.75, 3.05) is 32.8 Å². The van der Waals surface area contributed by atoms with Gasteiger partial charge in [-0.15, -0.1) is 0 Å². The fourth-order valence-electron chi connectivity index (χ4n) is 4.68. The van der Waals surface area contributed by atoms with Crippen LogP contribution in [0.25, 0.3) is 0 Å². The Morgan fingerprint density at radius 3 is 2.57 bits per heavy atom. The predicted molar refractivity (Wildman–Crippen MR) is 107 cm³/mol. The van der Waals surface area contributed by atoms with Gasteiger partial charge in [0.25, 0.3) is 0 Å². The first-order valence-corrected chi connectivity index (χ1v) is 10.5. The first-order chi connectivity index (χ1) is 14.5. The van der Waals surface area contributed by atoms with Crippen molar-refractivity contribution in [1.82, 2.24) is 4.90 Å². The molecular formula is C23H26FNO5. The highest BCUT2D eigenvalue weighted by molar-refractivity contribution is 5.44. The molecular weight excluding hydrogens is 389 g/mol. The van der Waals surface area contributed by atoms with Gasteiger partial charge in [0.1, 0.15) is 30.4 Å². The van der Waals surface area contributed by atoms with Crippen molar-refractivity contribution in [2.24, 2.45) is 0 Å². The molecule has 3 aliphatic rings. The molecule has 1 spiro atoms. The molecule has 160 valence electrons. The molecule has 5 rings (SSSR count). The number of rotatable bonds is 3. The molecule has 0 amide bonds. The third-order valence-corrected chi connectivity index (χ3v) is 6.37. The van der Waals surface area contributed by atoms with Gasteiger partial charge in [-0.05, 0) is 48.7 Å². The molecule has 3 heterocycles. The van der Waals surface area contributed by atoms with E-state index in [0.29, 0.717) is 49.0 Å². The Morgan fingerprint density at radius 1 is 1.03 bits per heavy atom. The van der Waals surface area contributed by atoms with Crippen LogP contribution in [0, 0.1) is 5.82 Å². The minimum atomic E-state index is -0.723. The first-order valence-electron chi connectivity index (χ1n) is 10.5. The lowest BCUT2D eigenvalue weighted by Gasteiger charge is -2.46. The number of hydrogen-bond donors (Lipinski definition) is 2. The van der Waals surface area contributed by atoms with Crippen molar-refractivity contribution in [3.8, 4) is 17.2 Å². The molecule has 30 heavy (non-hydrogen) atoms. The number of nitrogens with zero attached hydrogens (tertiary/aromatic N) is 1. The Hall–Kier alpha value is -2.35. The summed E-state index contributed by atoms with van der Waals surface area (Å²) in [5, 5.41) is 21.3. The summed E-state index contributed by atoms with van der Waals surface area (Å²) in [6.45, 7) is 3.08. The molecule has 2 atom stereocenters. The van der Waals surface area contributed by atoms with Gasteiger partial charge in [-0.2, -0.15) is 0 Å².